The first-order chi connectivity index (χ1) is 9.28. The van der Waals surface area contributed by atoms with Crippen LogP contribution in [0.4, 0.5) is 0 Å². The van der Waals surface area contributed by atoms with Crippen molar-refractivity contribution < 1.29 is 0 Å². The number of nitrogens with two attached hydrogens (primary N) is 1. The fraction of sp³-hybridized carbons (Fsp3) is 0.429. The smallest absolute Gasteiger partial charge is 0.189 e. The minimum atomic E-state index is -0.108. The van der Waals surface area contributed by atoms with Gasteiger partial charge >= 0.3 is 0 Å². The summed E-state index contributed by atoms with van der Waals surface area (Å²) in [4.78, 5) is 8.85. The predicted octanol–water partition coefficient (Wildman–Crippen LogP) is 3.05. The number of rotatable bonds is 2. The number of benzene rings is 1. The van der Waals surface area contributed by atoms with E-state index in [1.165, 1.54) is 0 Å². The highest BCUT2D eigenvalue weighted by Gasteiger charge is 2.12. The molecule has 0 atom stereocenters. The molecule has 0 saturated carbocycles. The molecule has 0 aliphatic heterocycles. The Labute approximate surface area is 147 Å². The summed E-state index contributed by atoms with van der Waals surface area (Å²) in [6.45, 7) is 6.51. The lowest BCUT2D eigenvalue weighted by molar-refractivity contribution is 0.508. The van der Waals surface area contributed by atoms with Crippen LogP contribution in [-0.2, 0) is 13.6 Å². The summed E-state index contributed by atoms with van der Waals surface area (Å²) in [5.41, 5.74) is 7.54. The molecule has 1 heterocycles. The van der Waals surface area contributed by atoms with Crippen molar-refractivity contribution in [1.29, 1.82) is 0 Å². The van der Waals surface area contributed by atoms with E-state index in [1.807, 2.05) is 50.6 Å². The number of nitrogens with one attached hydrogen (secondary N) is 1. The number of nitrogens with zero attached hydrogens (tertiary/aromatic N) is 3. The summed E-state index contributed by atoms with van der Waals surface area (Å²) in [7, 11) is 1.93. The van der Waals surface area contributed by atoms with Crippen LogP contribution < -0.4 is 11.1 Å². The first kappa shape index (κ1) is 18.0. The fourth-order valence-corrected chi connectivity index (χ4v) is 2.29. The molecule has 3 N–H and O–H groups in total. The highest BCUT2D eigenvalue weighted by Crippen LogP contribution is 2.23. The molecule has 0 aliphatic rings. The van der Waals surface area contributed by atoms with Gasteiger partial charge in [-0.2, -0.15) is 0 Å². The van der Waals surface area contributed by atoms with E-state index in [0.29, 0.717) is 17.5 Å². The van der Waals surface area contributed by atoms with Crippen molar-refractivity contribution in [2.45, 2.75) is 32.9 Å². The van der Waals surface area contributed by atoms with Crippen molar-refractivity contribution in [1.82, 2.24) is 14.9 Å². The van der Waals surface area contributed by atoms with Crippen LogP contribution in [0, 0.1) is 0 Å². The van der Waals surface area contributed by atoms with Gasteiger partial charge in [0.2, 0.25) is 0 Å². The van der Waals surface area contributed by atoms with Crippen LogP contribution in [0.5, 0.6) is 0 Å². The SMILES string of the molecule is Cn1c(CN=C(N)NC(C)(C)C)nc2cccc(Cl)c21.I. The molecular weight excluding hydrogens is 401 g/mol. The number of aliphatic imine (C=N–C) groups is 1. The number of aryl methyl sites for hydroxylation is 1. The predicted molar refractivity (Wildman–Crippen MR) is 99.4 cm³/mol. The zero-order chi connectivity index (χ0) is 14.9. The Morgan fingerprint density at radius 3 is 2.67 bits per heavy atom. The highest BCUT2D eigenvalue weighted by molar-refractivity contribution is 14.0. The molecule has 0 saturated heterocycles. The van der Waals surface area contributed by atoms with Gasteiger partial charge in [0.25, 0.3) is 0 Å². The lowest BCUT2D eigenvalue weighted by Gasteiger charge is -2.20. The van der Waals surface area contributed by atoms with Crippen molar-refractivity contribution >= 4 is 52.6 Å². The molecule has 7 heteroatoms. The molecule has 0 unspecified atom stereocenters. The second-order valence-electron chi connectivity index (χ2n) is 5.77. The summed E-state index contributed by atoms with van der Waals surface area (Å²) in [5.74, 6) is 1.24. The van der Waals surface area contributed by atoms with Gasteiger partial charge in [0.1, 0.15) is 12.4 Å². The molecule has 116 valence electrons. The molecule has 5 nitrogen and oxygen atoms in total. The Morgan fingerprint density at radius 2 is 2.10 bits per heavy atom. The van der Waals surface area contributed by atoms with Gasteiger partial charge < -0.3 is 15.6 Å². The average molecular weight is 422 g/mol. The Hall–Kier alpha value is -1.02. The quantitative estimate of drug-likeness (QED) is 0.445. The molecule has 0 aliphatic carbocycles. The molecular formula is C14H21ClIN5. The number of aromatic nitrogens is 2. The number of para-hydroxylation sites is 1. The largest absolute Gasteiger partial charge is 0.370 e. The first-order valence-electron chi connectivity index (χ1n) is 6.46. The van der Waals surface area contributed by atoms with Crippen LogP contribution in [-0.4, -0.2) is 21.0 Å². The standard InChI is InChI=1S/C14H20ClN5.HI/c1-14(2,3)19-13(16)17-8-11-18-10-7-5-6-9(15)12(10)20(11)4;/h5-7H,8H2,1-4H3,(H3,16,17,19);1H. The third-order valence-electron chi connectivity index (χ3n) is 2.83. The average Bonchev–Trinajstić information content (AvgIpc) is 2.63. The van der Waals surface area contributed by atoms with E-state index in [1.54, 1.807) is 0 Å². The van der Waals surface area contributed by atoms with E-state index < -0.39 is 0 Å². The van der Waals surface area contributed by atoms with Crippen molar-refractivity contribution in [3.63, 3.8) is 0 Å². The Bertz CT molecular complexity index is 657. The maximum atomic E-state index is 6.19. The third-order valence-corrected chi connectivity index (χ3v) is 3.14. The molecule has 2 rings (SSSR count). The summed E-state index contributed by atoms with van der Waals surface area (Å²) in [6.07, 6.45) is 0. The van der Waals surface area contributed by atoms with E-state index in [4.69, 9.17) is 17.3 Å². The zero-order valence-corrected chi connectivity index (χ0v) is 15.7. The first-order valence-corrected chi connectivity index (χ1v) is 6.83. The number of fused-ring (bicyclic) bond motifs is 1. The normalized spacial score (nSPS) is 12.3. The number of hydrogen-bond acceptors (Lipinski definition) is 2. The molecule has 2 aromatic rings. The van der Waals surface area contributed by atoms with Crippen LogP contribution >= 0.6 is 35.6 Å². The molecule has 0 fully saturated rings. The second kappa shape index (κ2) is 6.83. The van der Waals surface area contributed by atoms with Crippen LogP contribution in [0.3, 0.4) is 0 Å². The van der Waals surface area contributed by atoms with E-state index in [2.05, 4.69) is 15.3 Å². The van der Waals surface area contributed by atoms with Crippen LogP contribution in [0.25, 0.3) is 11.0 Å². The molecule has 0 radical (unpaired) electrons. The monoisotopic (exact) mass is 421 g/mol. The van der Waals surface area contributed by atoms with Gasteiger partial charge in [0.15, 0.2) is 5.96 Å². The Balaban J connectivity index is 0.00000220. The molecule has 21 heavy (non-hydrogen) atoms. The Kier molecular flexibility index (Phi) is 5.86. The van der Waals surface area contributed by atoms with Crippen molar-refractivity contribution in [2.75, 3.05) is 0 Å². The summed E-state index contributed by atoms with van der Waals surface area (Å²) in [6, 6.07) is 5.68. The number of halogens is 2. The molecule has 1 aromatic heterocycles. The number of guanidine groups is 1. The summed E-state index contributed by atoms with van der Waals surface area (Å²) >= 11 is 6.19. The minimum Gasteiger partial charge on any atom is -0.370 e. The summed E-state index contributed by atoms with van der Waals surface area (Å²) in [5, 5.41) is 3.81. The van der Waals surface area contributed by atoms with E-state index in [-0.39, 0.29) is 29.5 Å². The zero-order valence-electron chi connectivity index (χ0n) is 12.6. The van der Waals surface area contributed by atoms with Crippen LogP contribution in [0.2, 0.25) is 5.02 Å². The van der Waals surface area contributed by atoms with Gasteiger partial charge in [-0.25, -0.2) is 9.98 Å². The van der Waals surface area contributed by atoms with Crippen molar-refractivity contribution in [3.05, 3.63) is 29.0 Å². The minimum absolute atomic E-state index is 0. The van der Waals surface area contributed by atoms with Gasteiger partial charge in [-0.1, -0.05) is 17.7 Å². The molecule has 1 aromatic carbocycles. The highest BCUT2D eigenvalue weighted by atomic mass is 127. The fourth-order valence-electron chi connectivity index (χ4n) is 1.99. The second-order valence-corrected chi connectivity index (χ2v) is 6.18. The lowest BCUT2D eigenvalue weighted by Crippen LogP contribution is -2.45. The Morgan fingerprint density at radius 1 is 1.43 bits per heavy atom. The van der Waals surface area contributed by atoms with Gasteiger partial charge in [0.05, 0.1) is 16.1 Å². The summed E-state index contributed by atoms with van der Waals surface area (Å²) < 4.78 is 1.95. The van der Waals surface area contributed by atoms with Crippen molar-refractivity contribution in [2.24, 2.45) is 17.8 Å². The van der Waals surface area contributed by atoms with E-state index >= 15 is 0 Å². The maximum absolute atomic E-state index is 6.19. The van der Waals surface area contributed by atoms with E-state index in [0.717, 1.165) is 16.9 Å². The van der Waals surface area contributed by atoms with Crippen LogP contribution in [0.1, 0.15) is 26.6 Å². The van der Waals surface area contributed by atoms with Gasteiger partial charge in [-0.05, 0) is 32.9 Å². The third kappa shape index (κ3) is 4.47. The number of imidazole rings is 1. The molecule has 0 spiro atoms. The number of hydrogen-bond donors (Lipinski definition) is 2. The van der Waals surface area contributed by atoms with Gasteiger partial charge in [0, 0.05) is 12.6 Å². The van der Waals surface area contributed by atoms with E-state index in [9.17, 15) is 0 Å². The maximum Gasteiger partial charge on any atom is 0.189 e. The van der Waals surface area contributed by atoms with Gasteiger partial charge in [-0.15, -0.1) is 24.0 Å². The van der Waals surface area contributed by atoms with Gasteiger partial charge in [-0.3, -0.25) is 0 Å². The lowest BCUT2D eigenvalue weighted by atomic mass is 10.1. The topological polar surface area (TPSA) is 68.2 Å². The molecule has 0 bridgehead atoms. The van der Waals surface area contributed by atoms with Crippen molar-refractivity contribution in [3.8, 4) is 0 Å². The molecule has 0 amide bonds. The van der Waals surface area contributed by atoms with Crippen LogP contribution in [0.15, 0.2) is 23.2 Å².